The van der Waals surface area contributed by atoms with Gasteiger partial charge in [0.25, 0.3) is 5.91 Å². The topological polar surface area (TPSA) is 83.8 Å². The van der Waals surface area contributed by atoms with E-state index in [2.05, 4.69) is 10.3 Å². The zero-order chi connectivity index (χ0) is 21.3. The molecule has 1 fully saturated rings. The lowest BCUT2D eigenvalue weighted by atomic mass is 10.1. The Morgan fingerprint density at radius 3 is 2.47 bits per heavy atom. The highest BCUT2D eigenvalue weighted by atomic mass is 32.2. The standard InChI is InChI=1S/C22H26N4O3S/c1-16-5-10-20-24-17(2)21(26(20)15-16)22(27)23-12-11-18-6-8-19(9-7-18)30(28,29)25-13-3-4-14-25/h5-10,15H,3-4,11-14H2,1-2H3,(H,23,27). The van der Waals surface area contributed by atoms with Crippen LogP contribution in [0.3, 0.4) is 0 Å². The number of benzene rings is 1. The van der Waals surface area contributed by atoms with Gasteiger partial charge in [0, 0.05) is 25.8 Å². The molecule has 0 unspecified atom stereocenters. The number of fused-ring (bicyclic) bond motifs is 1. The van der Waals surface area contributed by atoms with Gasteiger partial charge in [0.05, 0.1) is 10.6 Å². The molecule has 0 bridgehead atoms. The van der Waals surface area contributed by atoms with Crippen molar-refractivity contribution < 1.29 is 13.2 Å². The van der Waals surface area contributed by atoms with Gasteiger partial charge < -0.3 is 5.32 Å². The molecule has 7 nitrogen and oxygen atoms in total. The summed E-state index contributed by atoms with van der Waals surface area (Å²) in [4.78, 5) is 17.5. The molecule has 1 N–H and O–H groups in total. The molecule has 0 saturated carbocycles. The van der Waals surface area contributed by atoms with Crippen molar-refractivity contribution in [3.8, 4) is 0 Å². The van der Waals surface area contributed by atoms with Crippen LogP contribution in [-0.2, 0) is 16.4 Å². The number of aryl methyl sites for hydroxylation is 2. The first-order valence-electron chi connectivity index (χ1n) is 10.2. The van der Waals surface area contributed by atoms with E-state index < -0.39 is 10.0 Å². The van der Waals surface area contributed by atoms with Crippen LogP contribution >= 0.6 is 0 Å². The molecule has 2 aromatic heterocycles. The van der Waals surface area contributed by atoms with Crippen LogP contribution in [0.2, 0.25) is 0 Å². The van der Waals surface area contributed by atoms with Gasteiger partial charge >= 0.3 is 0 Å². The van der Waals surface area contributed by atoms with Crippen LogP contribution in [0.15, 0.2) is 47.5 Å². The largest absolute Gasteiger partial charge is 0.350 e. The van der Waals surface area contributed by atoms with Crippen molar-refractivity contribution in [2.75, 3.05) is 19.6 Å². The highest BCUT2D eigenvalue weighted by molar-refractivity contribution is 7.89. The zero-order valence-corrected chi connectivity index (χ0v) is 18.1. The number of hydrogen-bond donors (Lipinski definition) is 1. The van der Waals surface area contributed by atoms with Crippen LogP contribution < -0.4 is 5.32 Å². The molecule has 0 radical (unpaired) electrons. The lowest BCUT2D eigenvalue weighted by Crippen LogP contribution is -2.28. The second-order valence-electron chi connectivity index (χ2n) is 7.74. The summed E-state index contributed by atoms with van der Waals surface area (Å²) in [6, 6.07) is 10.8. The third kappa shape index (κ3) is 3.97. The Bertz CT molecular complexity index is 1180. The maximum absolute atomic E-state index is 12.7. The quantitative estimate of drug-likeness (QED) is 0.657. The second kappa shape index (κ2) is 8.20. The van der Waals surface area contributed by atoms with E-state index in [4.69, 9.17) is 0 Å². The Labute approximate surface area is 176 Å². The van der Waals surface area contributed by atoms with Crippen molar-refractivity contribution in [3.05, 3.63) is 65.1 Å². The first-order valence-corrected chi connectivity index (χ1v) is 11.6. The summed E-state index contributed by atoms with van der Waals surface area (Å²) in [6.07, 6.45) is 4.36. The van der Waals surface area contributed by atoms with Crippen molar-refractivity contribution in [1.82, 2.24) is 19.0 Å². The van der Waals surface area contributed by atoms with Gasteiger partial charge in [-0.1, -0.05) is 18.2 Å². The molecule has 3 aromatic rings. The molecule has 1 saturated heterocycles. The summed E-state index contributed by atoms with van der Waals surface area (Å²) >= 11 is 0. The van der Waals surface area contributed by atoms with E-state index in [1.807, 2.05) is 48.7 Å². The first kappa shape index (κ1) is 20.6. The maximum atomic E-state index is 12.7. The average molecular weight is 427 g/mol. The van der Waals surface area contributed by atoms with E-state index in [0.29, 0.717) is 42.3 Å². The predicted octanol–water partition coefficient (Wildman–Crippen LogP) is 2.71. The fraction of sp³-hybridized carbons (Fsp3) is 0.364. The Morgan fingerprint density at radius 1 is 1.07 bits per heavy atom. The maximum Gasteiger partial charge on any atom is 0.270 e. The number of nitrogens with zero attached hydrogens (tertiary/aromatic N) is 3. The van der Waals surface area contributed by atoms with Crippen LogP contribution in [0.1, 0.15) is 40.2 Å². The number of imidazole rings is 1. The molecule has 1 aliphatic heterocycles. The van der Waals surface area contributed by atoms with E-state index in [1.54, 1.807) is 16.4 Å². The number of carbonyl (C=O) groups is 1. The number of aromatic nitrogens is 2. The molecular weight excluding hydrogens is 400 g/mol. The Balaban J connectivity index is 1.39. The fourth-order valence-corrected chi connectivity index (χ4v) is 5.37. The third-order valence-electron chi connectivity index (χ3n) is 5.48. The van der Waals surface area contributed by atoms with Gasteiger partial charge in [-0.05, 0) is 62.4 Å². The third-order valence-corrected chi connectivity index (χ3v) is 7.39. The van der Waals surface area contributed by atoms with Crippen LogP contribution in [0.4, 0.5) is 0 Å². The summed E-state index contributed by atoms with van der Waals surface area (Å²) in [5, 5.41) is 2.95. The van der Waals surface area contributed by atoms with Crippen LogP contribution in [-0.4, -0.2) is 47.6 Å². The zero-order valence-electron chi connectivity index (χ0n) is 17.3. The molecule has 0 atom stereocenters. The smallest absolute Gasteiger partial charge is 0.270 e. The fourth-order valence-electron chi connectivity index (χ4n) is 3.85. The molecule has 1 amide bonds. The van der Waals surface area contributed by atoms with Crippen molar-refractivity contribution in [2.45, 2.75) is 38.0 Å². The second-order valence-corrected chi connectivity index (χ2v) is 9.68. The number of carbonyl (C=O) groups excluding carboxylic acids is 1. The number of pyridine rings is 1. The lowest BCUT2D eigenvalue weighted by Gasteiger charge is -2.15. The summed E-state index contributed by atoms with van der Waals surface area (Å²) in [5.74, 6) is -0.168. The number of hydrogen-bond acceptors (Lipinski definition) is 4. The summed E-state index contributed by atoms with van der Waals surface area (Å²) in [6.45, 7) is 5.45. The summed E-state index contributed by atoms with van der Waals surface area (Å²) in [7, 11) is -3.39. The minimum atomic E-state index is -3.39. The monoisotopic (exact) mass is 426 g/mol. The van der Waals surface area contributed by atoms with Gasteiger partial charge in [-0.2, -0.15) is 4.31 Å². The molecule has 0 aliphatic carbocycles. The average Bonchev–Trinajstić information content (AvgIpc) is 3.36. The minimum Gasteiger partial charge on any atom is -0.350 e. The molecular formula is C22H26N4O3S. The number of sulfonamides is 1. The number of nitrogens with one attached hydrogen (secondary N) is 1. The van der Waals surface area contributed by atoms with Crippen molar-refractivity contribution in [1.29, 1.82) is 0 Å². The van der Waals surface area contributed by atoms with Gasteiger partial charge in [-0.25, -0.2) is 13.4 Å². The van der Waals surface area contributed by atoms with Crippen LogP contribution in [0.25, 0.3) is 5.65 Å². The molecule has 8 heteroatoms. The Morgan fingerprint density at radius 2 is 1.77 bits per heavy atom. The molecule has 30 heavy (non-hydrogen) atoms. The van der Waals surface area contributed by atoms with Gasteiger partial charge in [-0.3, -0.25) is 9.20 Å². The lowest BCUT2D eigenvalue weighted by molar-refractivity contribution is 0.0947. The molecule has 1 aliphatic rings. The number of rotatable bonds is 6. The highest BCUT2D eigenvalue weighted by Crippen LogP contribution is 2.21. The normalized spacial score (nSPS) is 15.0. The first-order chi connectivity index (χ1) is 14.4. The summed E-state index contributed by atoms with van der Waals surface area (Å²) in [5.41, 5.74) is 4.01. The van der Waals surface area contributed by atoms with Crippen LogP contribution in [0, 0.1) is 13.8 Å². The Kier molecular flexibility index (Phi) is 5.62. The van der Waals surface area contributed by atoms with E-state index in [9.17, 15) is 13.2 Å². The van der Waals surface area contributed by atoms with Gasteiger partial charge in [0.2, 0.25) is 10.0 Å². The minimum absolute atomic E-state index is 0.168. The van der Waals surface area contributed by atoms with Gasteiger partial charge in [0.15, 0.2) is 0 Å². The Hall–Kier alpha value is -2.71. The van der Waals surface area contributed by atoms with E-state index >= 15 is 0 Å². The van der Waals surface area contributed by atoms with Crippen molar-refractivity contribution in [2.24, 2.45) is 0 Å². The molecule has 3 heterocycles. The van der Waals surface area contributed by atoms with E-state index in [1.165, 1.54) is 0 Å². The highest BCUT2D eigenvalue weighted by Gasteiger charge is 2.26. The van der Waals surface area contributed by atoms with E-state index in [0.717, 1.165) is 29.6 Å². The molecule has 158 valence electrons. The predicted molar refractivity (Wildman–Crippen MR) is 115 cm³/mol. The van der Waals surface area contributed by atoms with Gasteiger partial charge in [0.1, 0.15) is 11.3 Å². The van der Waals surface area contributed by atoms with E-state index in [-0.39, 0.29) is 5.91 Å². The van der Waals surface area contributed by atoms with Crippen molar-refractivity contribution in [3.63, 3.8) is 0 Å². The van der Waals surface area contributed by atoms with Crippen LogP contribution in [0.5, 0.6) is 0 Å². The molecule has 0 spiro atoms. The molecule has 4 rings (SSSR count). The van der Waals surface area contributed by atoms with Crippen molar-refractivity contribution >= 4 is 21.6 Å². The molecule has 1 aromatic carbocycles. The summed E-state index contributed by atoms with van der Waals surface area (Å²) < 4.78 is 28.6. The number of amides is 1. The SMILES string of the molecule is Cc1ccc2nc(C)c(C(=O)NCCc3ccc(S(=O)(=O)N4CCCC4)cc3)n2c1. The van der Waals surface area contributed by atoms with Gasteiger partial charge in [-0.15, -0.1) is 0 Å².